The van der Waals surface area contributed by atoms with Gasteiger partial charge in [0.2, 0.25) is 0 Å². The zero-order valence-electron chi connectivity index (χ0n) is 17.5. The maximum absolute atomic E-state index is 13.6. The van der Waals surface area contributed by atoms with E-state index in [-0.39, 0.29) is 31.7 Å². The third-order valence-electron chi connectivity index (χ3n) is 4.92. The lowest BCUT2D eigenvalue weighted by molar-refractivity contribution is -0.127. The molecule has 164 valence electrons. The van der Waals surface area contributed by atoms with E-state index in [1.54, 1.807) is 0 Å². The van der Waals surface area contributed by atoms with Crippen LogP contribution in [0.4, 0.5) is 14.9 Å². The fourth-order valence-corrected chi connectivity index (χ4v) is 3.65. The van der Waals surface area contributed by atoms with Crippen LogP contribution in [0.3, 0.4) is 0 Å². The summed E-state index contributed by atoms with van der Waals surface area (Å²) in [6.07, 6.45) is -1.17. The van der Waals surface area contributed by atoms with Gasteiger partial charge in [0, 0.05) is 37.4 Å². The lowest BCUT2D eigenvalue weighted by Gasteiger charge is -2.29. The van der Waals surface area contributed by atoms with Crippen LogP contribution < -0.4 is 16.4 Å². The molecule has 1 aliphatic heterocycles. The second-order valence-electron chi connectivity index (χ2n) is 7.46. The Morgan fingerprint density at radius 1 is 1.06 bits per heavy atom. The third kappa shape index (κ3) is 5.18. The van der Waals surface area contributed by atoms with Crippen LogP contribution in [-0.4, -0.2) is 60.0 Å². The number of carbonyl (C=O) groups excluding carboxylic acids is 3. The largest absolute Gasteiger partial charge is 0.351 e. The molecule has 4 amide bonds. The van der Waals surface area contributed by atoms with Crippen molar-refractivity contribution in [1.29, 1.82) is 0 Å². The average Bonchev–Trinajstić information content (AvgIpc) is 3.16. The molecule has 1 fully saturated rings. The summed E-state index contributed by atoms with van der Waals surface area (Å²) in [4.78, 5) is 41.4. The van der Waals surface area contributed by atoms with E-state index in [2.05, 4.69) is 10.6 Å². The third-order valence-corrected chi connectivity index (χ3v) is 4.92. The zero-order chi connectivity index (χ0) is 22.5. The first kappa shape index (κ1) is 22.2. The molecule has 0 aromatic heterocycles. The first-order valence-corrected chi connectivity index (χ1v) is 10.0. The van der Waals surface area contributed by atoms with E-state index in [4.69, 9.17) is 5.73 Å². The molecule has 8 nitrogen and oxygen atoms in total. The normalized spacial score (nSPS) is 15.7. The summed E-state index contributed by atoms with van der Waals surface area (Å²) < 4.78 is 13.6. The number of halogens is 1. The fourth-order valence-electron chi connectivity index (χ4n) is 3.65. The van der Waals surface area contributed by atoms with Gasteiger partial charge in [-0.25, -0.2) is 9.18 Å². The van der Waals surface area contributed by atoms with Crippen molar-refractivity contribution < 1.29 is 18.8 Å². The molecule has 1 unspecified atom stereocenters. The topological polar surface area (TPSA) is 108 Å². The smallest absolute Gasteiger partial charge is 0.323 e. The van der Waals surface area contributed by atoms with Gasteiger partial charge in [0.05, 0.1) is 0 Å². The quantitative estimate of drug-likeness (QED) is 0.677. The number of hydrogen-bond donors (Lipinski definition) is 3. The van der Waals surface area contributed by atoms with Crippen molar-refractivity contribution in [3.05, 3.63) is 65.0 Å². The van der Waals surface area contributed by atoms with Gasteiger partial charge in [-0.2, -0.15) is 0 Å². The van der Waals surface area contributed by atoms with Crippen molar-refractivity contribution in [1.82, 2.24) is 15.1 Å². The zero-order valence-corrected chi connectivity index (χ0v) is 17.5. The minimum Gasteiger partial charge on any atom is -0.351 e. The van der Waals surface area contributed by atoms with E-state index >= 15 is 0 Å². The Balaban J connectivity index is 1.85. The van der Waals surface area contributed by atoms with Gasteiger partial charge in [-0.15, -0.1) is 0 Å². The molecular formula is C22H26FN5O3. The van der Waals surface area contributed by atoms with E-state index in [1.807, 2.05) is 32.0 Å². The highest BCUT2D eigenvalue weighted by molar-refractivity contribution is 6.00. The summed E-state index contributed by atoms with van der Waals surface area (Å²) in [6, 6.07) is 10.3. The summed E-state index contributed by atoms with van der Waals surface area (Å²) in [7, 11) is 0. The van der Waals surface area contributed by atoms with Crippen molar-refractivity contribution in [2.24, 2.45) is 5.73 Å². The highest BCUT2D eigenvalue weighted by Gasteiger charge is 2.43. The number of urea groups is 1. The lowest BCUT2D eigenvalue weighted by Crippen LogP contribution is -2.55. The number of aryl methyl sites for hydroxylation is 2. The number of carbonyl (C=O) groups is 3. The molecule has 0 bridgehead atoms. The van der Waals surface area contributed by atoms with Crippen LogP contribution in [-0.2, 0) is 4.79 Å². The van der Waals surface area contributed by atoms with Crippen LogP contribution in [0.15, 0.2) is 42.5 Å². The van der Waals surface area contributed by atoms with Crippen molar-refractivity contribution in [2.45, 2.75) is 20.0 Å². The second kappa shape index (κ2) is 9.57. The van der Waals surface area contributed by atoms with Crippen molar-refractivity contribution in [3.63, 3.8) is 0 Å². The minimum atomic E-state index is -1.17. The highest BCUT2D eigenvalue weighted by atomic mass is 19.1. The van der Waals surface area contributed by atoms with Gasteiger partial charge >= 0.3 is 6.03 Å². The standard InChI is InChI=1S/C22H26FN5O3/c1-14-10-15(2)12-18(11-14)26-22(31)28-9-8-27(20(28)19(29)25-7-6-24)21(30)16-4-3-5-17(23)13-16/h3-5,10-13,20H,6-9,24H2,1-2H3,(H,25,29)(H,26,31). The van der Waals surface area contributed by atoms with E-state index < -0.39 is 29.8 Å². The monoisotopic (exact) mass is 427 g/mol. The van der Waals surface area contributed by atoms with E-state index in [0.29, 0.717) is 5.69 Å². The van der Waals surface area contributed by atoms with Crippen molar-refractivity contribution >= 4 is 23.5 Å². The Kier molecular flexibility index (Phi) is 6.86. The molecule has 9 heteroatoms. The number of anilines is 1. The summed E-state index contributed by atoms with van der Waals surface area (Å²) in [6.45, 7) is 4.53. The van der Waals surface area contributed by atoms with Gasteiger partial charge in [-0.05, 0) is 55.3 Å². The molecule has 31 heavy (non-hydrogen) atoms. The van der Waals surface area contributed by atoms with E-state index in [0.717, 1.165) is 17.2 Å². The summed E-state index contributed by atoms with van der Waals surface area (Å²) in [5.74, 6) is -1.61. The van der Waals surface area contributed by atoms with Crippen molar-refractivity contribution in [3.8, 4) is 0 Å². The summed E-state index contributed by atoms with van der Waals surface area (Å²) in [5.41, 5.74) is 8.14. The molecule has 4 N–H and O–H groups in total. The number of amides is 4. The average molecular weight is 427 g/mol. The maximum Gasteiger partial charge on any atom is 0.323 e. The predicted octanol–water partition coefficient (Wildman–Crippen LogP) is 1.83. The Bertz CT molecular complexity index is 977. The SMILES string of the molecule is Cc1cc(C)cc(NC(=O)N2CCN(C(=O)c3cccc(F)c3)C2C(=O)NCCN)c1. The molecule has 2 aromatic rings. The molecule has 0 saturated carbocycles. The number of hydrogen-bond acceptors (Lipinski definition) is 4. The molecule has 1 saturated heterocycles. The van der Waals surface area contributed by atoms with Crippen LogP contribution in [0, 0.1) is 19.7 Å². The maximum atomic E-state index is 13.6. The van der Waals surface area contributed by atoms with Crippen LogP contribution in [0.2, 0.25) is 0 Å². The molecule has 0 aliphatic carbocycles. The molecule has 3 rings (SSSR count). The molecule has 2 aromatic carbocycles. The molecule has 1 heterocycles. The van der Waals surface area contributed by atoms with Gasteiger partial charge in [-0.3, -0.25) is 14.5 Å². The first-order chi connectivity index (χ1) is 14.8. The fraction of sp³-hybridized carbons (Fsp3) is 0.318. The summed E-state index contributed by atoms with van der Waals surface area (Å²) in [5, 5.41) is 5.43. The number of nitrogens with zero attached hydrogens (tertiary/aromatic N) is 2. The predicted molar refractivity (Wildman–Crippen MR) is 115 cm³/mol. The van der Waals surface area contributed by atoms with Gasteiger partial charge in [-0.1, -0.05) is 12.1 Å². The second-order valence-corrected chi connectivity index (χ2v) is 7.46. The van der Waals surface area contributed by atoms with Crippen LogP contribution in [0.25, 0.3) is 0 Å². The van der Waals surface area contributed by atoms with Gasteiger partial charge in [0.25, 0.3) is 11.8 Å². The van der Waals surface area contributed by atoms with E-state index in [1.165, 1.54) is 28.0 Å². The molecule has 0 spiro atoms. The van der Waals surface area contributed by atoms with Gasteiger partial charge in [0.15, 0.2) is 6.17 Å². The van der Waals surface area contributed by atoms with Gasteiger partial charge < -0.3 is 21.3 Å². The number of nitrogens with two attached hydrogens (primary N) is 1. The Hall–Kier alpha value is -3.46. The Morgan fingerprint density at radius 2 is 1.74 bits per heavy atom. The van der Waals surface area contributed by atoms with E-state index in [9.17, 15) is 18.8 Å². The number of rotatable bonds is 5. The van der Waals surface area contributed by atoms with Crippen LogP contribution >= 0.6 is 0 Å². The molecule has 1 aliphatic rings. The highest BCUT2D eigenvalue weighted by Crippen LogP contribution is 2.21. The Labute approximate surface area is 180 Å². The van der Waals surface area contributed by atoms with Crippen LogP contribution in [0.5, 0.6) is 0 Å². The first-order valence-electron chi connectivity index (χ1n) is 10.0. The minimum absolute atomic E-state index is 0.105. The summed E-state index contributed by atoms with van der Waals surface area (Å²) >= 11 is 0. The number of nitrogens with one attached hydrogen (secondary N) is 2. The lowest BCUT2D eigenvalue weighted by atomic mass is 10.1. The number of benzene rings is 2. The van der Waals surface area contributed by atoms with Crippen molar-refractivity contribution in [2.75, 3.05) is 31.5 Å². The molecular weight excluding hydrogens is 401 g/mol. The van der Waals surface area contributed by atoms with Crippen LogP contribution in [0.1, 0.15) is 21.5 Å². The molecule has 1 atom stereocenters. The van der Waals surface area contributed by atoms with Gasteiger partial charge in [0.1, 0.15) is 5.82 Å². The molecule has 0 radical (unpaired) electrons. The Morgan fingerprint density at radius 3 is 2.39 bits per heavy atom.